The number of nitrogens with zero attached hydrogens (tertiary/aromatic N) is 3. The fourth-order valence-corrected chi connectivity index (χ4v) is 4.78. The van der Waals surface area contributed by atoms with Gasteiger partial charge in [0, 0.05) is 44.3 Å². The maximum atomic E-state index is 13.0. The molecule has 4 rings (SSSR count). The number of morpholine rings is 1. The van der Waals surface area contributed by atoms with E-state index in [0.717, 1.165) is 15.8 Å². The molecule has 1 fully saturated rings. The summed E-state index contributed by atoms with van der Waals surface area (Å²) in [5.74, 6) is 0.266. The number of amides is 2. The quantitative estimate of drug-likeness (QED) is 0.582. The van der Waals surface area contributed by atoms with Crippen LogP contribution in [0.4, 0.5) is 0 Å². The standard InChI is InChI=1S/C21H24N4O5S/c1-12-17(30-13(2)24-12)21(27)25-8-10-29-15(11-25)16-14-5-4-6-23-20(14)31-18(16)19(26)22-7-9-28-3/h4-6,15H,7-11H2,1-3H3,(H,22,26). The summed E-state index contributed by atoms with van der Waals surface area (Å²) in [6.07, 6.45) is 1.24. The normalized spacial score (nSPS) is 16.6. The molecule has 1 N–H and O–H groups in total. The lowest BCUT2D eigenvalue weighted by atomic mass is 10.0. The van der Waals surface area contributed by atoms with E-state index in [4.69, 9.17) is 13.9 Å². The van der Waals surface area contributed by atoms with Crippen molar-refractivity contribution in [1.82, 2.24) is 20.2 Å². The van der Waals surface area contributed by atoms with Crippen molar-refractivity contribution >= 4 is 33.4 Å². The maximum absolute atomic E-state index is 13.0. The molecule has 0 aromatic carbocycles. The van der Waals surface area contributed by atoms with Crippen molar-refractivity contribution in [2.75, 3.05) is 40.0 Å². The van der Waals surface area contributed by atoms with Crippen LogP contribution < -0.4 is 5.32 Å². The number of methoxy groups -OCH3 is 1. The minimum Gasteiger partial charge on any atom is -0.436 e. The predicted octanol–water partition coefficient (Wildman–Crippen LogP) is 2.49. The Labute approximate surface area is 183 Å². The highest BCUT2D eigenvalue weighted by atomic mass is 32.1. The van der Waals surface area contributed by atoms with Crippen LogP contribution in [0.1, 0.15) is 43.5 Å². The molecule has 3 aromatic rings. The zero-order valence-corrected chi connectivity index (χ0v) is 18.5. The number of hydrogen-bond donors (Lipinski definition) is 1. The van der Waals surface area contributed by atoms with Crippen molar-refractivity contribution in [2.45, 2.75) is 20.0 Å². The van der Waals surface area contributed by atoms with E-state index in [1.807, 2.05) is 12.1 Å². The Bertz CT molecular complexity index is 1110. The van der Waals surface area contributed by atoms with Crippen LogP contribution >= 0.6 is 11.3 Å². The number of hydrogen-bond acceptors (Lipinski definition) is 8. The molecular weight excluding hydrogens is 420 g/mol. The molecule has 0 saturated carbocycles. The topological polar surface area (TPSA) is 107 Å². The third-order valence-corrected chi connectivity index (χ3v) is 6.20. The second kappa shape index (κ2) is 9.13. The molecule has 3 aromatic heterocycles. The zero-order chi connectivity index (χ0) is 22.0. The Kier molecular flexibility index (Phi) is 6.30. The van der Waals surface area contributed by atoms with Crippen molar-refractivity contribution in [1.29, 1.82) is 0 Å². The first-order valence-corrected chi connectivity index (χ1v) is 10.8. The highest BCUT2D eigenvalue weighted by molar-refractivity contribution is 7.20. The van der Waals surface area contributed by atoms with E-state index >= 15 is 0 Å². The van der Waals surface area contributed by atoms with Crippen LogP contribution in [0.15, 0.2) is 22.7 Å². The number of thiophene rings is 1. The van der Waals surface area contributed by atoms with Gasteiger partial charge in [-0.05, 0) is 13.0 Å². The molecule has 1 saturated heterocycles. The number of aromatic nitrogens is 2. The van der Waals surface area contributed by atoms with Gasteiger partial charge in [0.25, 0.3) is 11.8 Å². The fraction of sp³-hybridized carbons (Fsp3) is 0.429. The molecule has 10 heteroatoms. The van der Waals surface area contributed by atoms with E-state index in [2.05, 4.69) is 15.3 Å². The molecule has 1 unspecified atom stereocenters. The third kappa shape index (κ3) is 4.32. The first-order valence-electron chi connectivity index (χ1n) is 9.99. The highest BCUT2D eigenvalue weighted by Gasteiger charge is 2.33. The summed E-state index contributed by atoms with van der Waals surface area (Å²) in [5.41, 5.74) is 1.32. The summed E-state index contributed by atoms with van der Waals surface area (Å²) in [7, 11) is 1.58. The van der Waals surface area contributed by atoms with Gasteiger partial charge in [-0.15, -0.1) is 11.3 Å². The van der Waals surface area contributed by atoms with Crippen LogP contribution in [0.5, 0.6) is 0 Å². The molecule has 0 aliphatic carbocycles. The Morgan fingerprint density at radius 2 is 2.23 bits per heavy atom. The van der Waals surface area contributed by atoms with Crippen LogP contribution in [0.3, 0.4) is 0 Å². The van der Waals surface area contributed by atoms with Crippen LogP contribution in [0.2, 0.25) is 0 Å². The Hall–Kier alpha value is -2.82. The van der Waals surface area contributed by atoms with Crippen molar-refractivity contribution in [3.05, 3.63) is 46.1 Å². The van der Waals surface area contributed by atoms with Crippen molar-refractivity contribution < 1.29 is 23.5 Å². The minimum absolute atomic E-state index is 0.205. The number of carbonyl (C=O) groups is 2. The highest BCUT2D eigenvalue weighted by Crippen LogP contribution is 2.37. The molecule has 0 bridgehead atoms. The van der Waals surface area contributed by atoms with Gasteiger partial charge in [-0.1, -0.05) is 6.07 Å². The molecule has 31 heavy (non-hydrogen) atoms. The summed E-state index contributed by atoms with van der Waals surface area (Å²) < 4.78 is 16.6. The Morgan fingerprint density at radius 1 is 1.39 bits per heavy atom. The van der Waals surface area contributed by atoms with Gasteiger partial charge in [-0.3, -0.25) is 9.59 Å². The lowest BCUT2D eigenvalue weighted by molar-refractivity contribution is -0.0232. The van der Waals surface area contributed by atoms with Gasteiger partial charge in [0.2, 0.25) is 5.76 Å². The number of fused-ring (bicyclic) bond motifs is 1. The number of nitrogens with one attached hydrogen (secondary N) is 1. The van der Waals surface area contributed by atoms with Gasteiger partial charge >= 0.3 is 0 Å². The molecule has 0 radical (unpaired) electrons. The average Bonchev–Trinajstić information content (AvgIpc) is 3.33. The van der Waals surface area contributed by atoms with E-state index < -0.39 is 6.10 Å². The van der Waals surface area contributed by atoms with Gasteiger partial charge in [0.05, 0.1) is 25.5 Å². The summed E-state index contributed by atoms with van der Waals surface area (Å²) in [6, 6.07) is 3.76. The largest absolute Gasteiger partial charge is 0.436 e. The molecule has 1 atom stereocenters. The smallest absolute Gasteiger partial charge is 0.291 e. The number of carbonyl (C=O) groups excluding carboxylic acids is 2. The molecule has 0 spiro atoms. The fourth-order valence-electron chi connectivity index (χ4n) is 3.67. The summed E-state index contributed by atoms with van der Waals surface area (Å²) in [4.78, 5) is 37.5. The molecule has 1 aliphatic heterocycles. The van der Waals surface area contributed by atoms with Gasteiger partial charge in [-0.25, -0.2) is 9.97 Å². The molecule has 164 valence electrons. The van der Waals surface area contributed by atoms with Crippen LogP contribution in [-0.2, 0) is 9.47 Å². The second-order valence-electron chi connectivity index (χ2n) is 7.21. The van der Waals surface area contributed by atoms with E-state index in [9.17, 15) is 9.59 Å². The van der Waals surface area contributed by atoms with Crippen molar-refractivity contribution in [3.8, 4) is 0 Å². The van der Waals surface area contributed by atoms with Crippen molar-refractivity contribution in [3.63, 3.8) is 0 Å². The van der Waals surface area contributed by atoms with E-state index in [1.165, 1.54) is 11.3 Å². The number of pyridine rings is 1. The molecule has 2 amide bonds. The lowest BCUT2D eigenvalue weighted by Crippen LogP contribution is -2.42. The first kappa shape index (κ1) is 21.4. The second-order valence-corrected chi connectivity index (χ2v) is 8.21. The first-order chi connectivity index (χ1) is 15.0. The van der Waals surface area contributed by atoms with E-state index in [1.54, 1.807) is 32.1 Å². The zero-order valence-electron chi connectivity index (χ0n) is 17.6. The Balaban J connectivity index is 1.64. The SMILES string of the molecule is COCCNC(=O)c1sc2ncccc2c1C1CN(C(=O)c2oc(C)nc2C)CCO1. The lowest BCUT2D eigenvalue weighted by Gasteiger charge is -2.33. The maximum Gasteiger partial charge on any atom is 0.291 e. The number of ether oxygens (including phenoxy) is 2. The molecule has 9 nitrogen and oxygen atoms in total. The number of aryl methyl sites for hydroxylation is 2. The van der Waals surface area contributed by atoms with Crippen LogP contribution in [0.25, 0.3) is 10.2 Å². The molecule has 1 aliphatic rings. The van der Waals surface area contributed by atoms with Crippen molar-refractivity contribution in [2.24, 2.45) is 0 Å². The van der Waals surface area contributed by atoms with E-state index in [-0.39, 0.29) is 17.6 Å². The molecular formula is C21H24N4O5S. The monoisotopic (exact) mass is 444 g/mol. The summed E-state index contributed by atoms with van der Waals surface area (Å²) >= 11 is 1.32. The summed E-state index contributed by atoms with van der Waals surface area (Å²) in [6.45, 7) is 5.37. The number of oxazole rings is 1. The minimum atomic E-state index is -0.455. The van der Waals surface area contributed by atoms with E-state index in [0.29, 0.717) is 49.3 Å². The molecule has 4 heterocycles. The number of rotatable bonds is 6. The van der Waals surface area contributed by atoms with Crippen LogP contribution in [-0.4, -0.2) is 66.6 Å². The average molecular weight is 445 g/mol. The van der Waals surface area contributed by atoms with Gasteiger partial charge in [0.15, 0.2) is 5.89 Å². The van der Waals surface area contributed by atoms with Gasteiger partial charge in [-0.2, -0.15) is 0 Å². The van der Waals surface area contributed by atoms with Crippen LogP contribution in [0, 0.1) is 13.8 Å². The predicted molar refractivity (Wildman–Crippen MR) is 114 cm³/mol. The third-order valence-electron chi connectivity index (χ3n) is 5.08. The van der Waals surface area contributed by atoms with Gasteiger partial charge in [0.1, 0.15) is 15.8 Å². The van der Waals surface area contributed by atoms with Gasteiger partial charge < -0.3 is 24.1 Å². The summed E-state index contributed by atoms with van der Waals surface area (Å²) in [5, 5.41) is 3.73. The Morgan fingerprint density at radius 3 is 2.97 bits per heavy atom.